The number of amides is 1. The second-order valence-electron chi connectivity index (χ2n) is 5.20. The average Bonchev–Trinajstić information content (AvgIpc) is 2.35. The number of carbonyl (C=O) groups is 1. The van der Waals surface area contributed by atoms with Gasteiger partial charge in [0.1, 0.15) is 11.4 Å². The lowest BCUT2D eigenvalue weighted by Gasteiger charge is -2.19. The Balaban J connectivity index is 2.52. The largest absolute Gasteiger partial charge is 0.444 e. The second-order valence-corrected chi connectivity index (χ2v) is 5.20. The van der Waals surface area contributed by atoms with Crippen LogP contribution < -0.4 is 5.32 Å². The molecule has 0 atom stereocenters. The van der Waals surface area contributed by atoms with Crippen molar-refractivity contribution in [2.75, 3.05) is 6.54 Å². The van der Waals surface area contributed by atoms with E-state index in [2.05, 4.69) is 17.2 Å². The molecule has 6 heteroatoms. The number of rotatable bonds is 2. The Labute approximate surface area is 121 Å². The third-order valence-corrected chi connectivity index (χ3v) is 2.18. The van der Waals surface area contributed by atoms with Gasteiger partial charge in [0.25, 0.3) is 0 Å². The number of carbonyl (C=O) groups excluding carboxylic acids is 1. The minimum absolute atomic E-state index is 0.147. The number of hydrogen-bond acceptors (Lipinski definition) is 2. The Kier molecular flexibility index (Phi) is 5.65. The van der Waals surface area contributed by atoms with Gasteiger partial charge in [-0.1, -0.05) is 11.8 Å². The maximum atomic E-state index is 13.3. The fourth-order valence-electron chi connectivity index (χ4n) is 1.33. The van der Waals surface area contributed by atoms with Crippen molar-refractivity contribution >= 4 is 6.09 Å². The highest BCUT2D eigenvalue weighted by Crippen LogP contribution is 2.14. The zero-order valence-electron chi connectivity index (χ0n) is 12.0. The first-order valence-electron chi connectivity index (χ1n) is 6.30. The van der Waals surface area contributed by atoms with Crippen LogP contribution in [0.15, 0.2) is 12.1 Å². The number of nitrogens with one attached hydrogen (secondary N) is 1. The smallest absolute Gasteiger partial charge is 0.407 e. The lowest BCUT2D eigenvalue weighted by atomic mass is 10.2. The van der Waals surface area contributed by atoms with Crippen LogP contribution in [0.25, 0.3) is 0 Å². The molecule has 0 saturated carbocycles. The van der Waals surface area contributed by atoms with E-state index in [9.17, 15) is 18.0 Å². The standard InChI is InChI=1S/C15H16F3NO2/c1-15(2,3)21-14(20)19-9-5-4-6-10-11(16)7-8-12(17)13(10)18/h7-8H,5,9H2,1-3H3,(H,19,20). The highest BCUT2D eigenvalue weighted by molar-refractivity contribution is 5.67. The molecule has 0 aliphatic carbocycles. The summed E-state index contributed by atoms with van der Waals surface area (Å²) in [6, 6.07) is 1.50. The molecule has 1 amide bonds. The molecule has 0 aliphatic rings. The molecular formula is C15H16F3NO2. The van der Waals surface area contributed by atoms with Crippen molar-refractivity contribution in [3.63, 3.8) is 0 Å². The molecule has 0 saturated heterocycles. The molecule has 3 nitrogen and oxygen atoms in total. The topological polar surface area (TPSA) is 38.3 Å². The summed E-state index contributed by atoms with van der Waals surface area (Å²) in [5.74, 6) is 1.27. The number of halogens is 3. The van der Waals surface area contributed by atoms with E-state index >= 15 is 0 Å². The van der Waals surface area contributed by atoms with E-state index < -0.39 is 34.7 Å². The Morgan fingerprint density at radius 2 is 1.86 bits per heavy atom. The Morgan fingerprint density at radius 1 is 1.24 bits per heavy atom. The molecule has 21 heavy (non-hydrogen) atoms. The summed E-state index contributed by atoms with van der Waals surface area (Å²) in [5, 5.41) is 2.44. The van der Waals surface area contributed by atoms with Crippen molar-refractivity contribution in [1.29, 1.82) is 0 Å². The van der Waals surface area contributed by atoms with Crippen molar-refractivity contribution in [3.8, 4) is 11.8 Å². The summed E-state index contributed by atoms with van der Waals surface area (Å²) >= 11 is 0. The van der Waals surface area contributed by atoms with E-state index in [-0.39, 0.29) is 13.0 Å². The Morgan fingerprint density at radius 3 is 2.48 bits per heavy atom. The lowest BCUT2D eigenvalue weighted by Crippen LogP contribution is -2.32. The lowest BCUT2D eigenvalue weighted by molar-refractivity contribution is 0.0529. The van der Waals surface area contributed by atoms with E-state index in [0.29, 0.717) is 6.07 Å². The molecule has 1 rings (SSSR count). The van der Waals surface area contributed by atoms with E-state index in [4.69, 9.17) is 4.74 Å². The van der Waals surface area contributed by atoms with Crippen LogP contribution in [0.2, 0.25) is 0 Å². The van der Waals surface area contributed by atoms with Gasteiger partial charge in [-0.15, -0.1) is 0 Å². The van der Waals surface area contributed by atoms with E-state index in [0.717, 1.165) is 6.07 Å². The number of alkyl carbamates (subject to hydrolysis) is 1. The van der Waals surface area contributed by atoms with Gasteiger partial charge in [0.15, 0.2) is 11.6 Å². The van der Waals surface area contributed by atoms with Crippen molar-refractivity contribution in [2.24, 2.45) is 0 Å². The first-order valence-corrected chi connectivity index (χ1v) is 6.30. The third-order valence-electron chi connectivity index (χ3n) is 2.18. The number of hydrogen-bond donors (Lipinski definition) is 1. The van der Waals surface area contributed by atoms with Crippen LogP contribution in [0, 0.1) is 29.3 Å². The zero-order chi connectivity index (χ0) is 16.0. The van der Waals surface area contributed by atoms with Crippen LogP contribution in [0.3, 0.4) is 0 Å². The third kappa shape index (κ3) is 5.78. The maximum Gasteiger partial charge on any atom is 0.407 e. The average molecular weight is 299 g/mol. The van der Waals surface area contributed by atoms with Gasteiger partial charge in [-0.3, -0.25) is 0 Å². The molecule has 0 aliphatic heterocycles. The van der Waals surface area contributed by atoms with E-state index in [1.165, 1.54) is 0 Å². The fraction of sp³-hybridized carbons (Fsp3) is 0.400. The van der Waals surface area contributed by atoms with Gasteiger partial charge in [-0.2, -0.15) is 0 Å². The van der Waals surface area contributed by atoms with Gasteiger partial charge in [0.05, 0.1) is 5.56 Å². The molecule has 1 N–H and O–H groups in total. The molecule has 0 aromatic heterocycles. The minimum Gasteiger partial charge on any atom is -0.444 e. The molecule has 0 unspecified atom stereocenters. The summed E-state index contributed by atoms with van der Waals surface area (Å²) in [4.78, 5) is 11.3. The zero-order valence-corrected chi connectivity index (χ0v) is 12.0. The van der Waals surface area contributed by atoms with Crippen LogP contribution in [0.5, 0.6) is 0 Å². The van der Waals surface area contributed by atoms with Gasteiger partial charge in [-0.05, 0) is 32.9 Å². The molecule has 0 bridgehead atoms. The molecule has 0 spiro atoms. The molecule has 114 valence electrons. The monoisotopic (exact) mass is 299 g/mol. The normalized spacial score (nSPS) is 10.6. The highest BCUT2D eigenvalue weighted by Gasteiger charge is 2.15. The molecular weight excluding hydrogens is 283 g/mol. The molecule has 0 heterocycles. The highest BCUT2D eigenvalue weighted by atomic mass is 19.2. The van der Waals surface area contributed by atoms with Crippen molar-refractivity contribution in [2.45, 2.75) is 32.8 Å². The molecule has 1 aromatic carbocycles. The van der Waals surface area contributed by atoms with Crippen molar-refractivity contribution in [1.82, 2.24) is 5.32 Å². The number of ether oxygens (including phenoxy) is 1. The van der Waals surface area contributed by atoms with E-state index in [1.54, 1.807) is 20.8 Å². The van der Waals surface area contributed by atoms with Gasteiger partial charge < -0.3 is 10.1 Å². The first kappa shape index (κ1) is 16.9. The Bertz CT molecular complexity index is 583. The van der Waals surface area contributed by atoms with Crippen molar-refractivity contribution < 1.29 is 22.7 Å². The van der Waals surface area contributed by atoms with Gasteiger partial charge >= 0.3 is 6.09 Å². The predicted octanol–water partition coefficient (Wildman–Crippen LogP) is 3.37. The van der Waals surface area contributed by atoms with Crippen molar-refractivity contribution in [3.05, 3.63) is 35.1 Å². The van der Waals surface area contributed by atoms with Crippen LogP contribution >= 0.6 is 0 Å². The van der Waals surface area contributed by atoms with Gasteiger partial charge in [-0.25, -0.2) is 18.0 Å². The Hall–Kier alpha value is -2.16. The molecule has 0 fully saturated rings. The van der Waals surface area contributed by atoms with Gasteiger partial charge in [0.2, 0.25) is 0 Å². The van der Waals surface area contributed by atoms with E-state index in [1.807, 2.05) is 0 Å². The maximum absolute atomic E-state index is 13.3. The first-order chi connectivity index (χ1) is 9.70. The van der Waals surface area contributed by atoms with Crippen LogP contribution in [-0.2, 0) is 4.74 Å². The van der Waals surface area contributed by atoms with Gasteiger partial charge in [0, 0.05) is 13.0 Å². The molecule has 1 aromatic rings. The van der Waals surface area contributed by atoms with Crippen LogP contribution in [0.1, 0.15) is 32.8 Å². The van der Waals surface area contributed by atoms with Crippen LogP contribution in [-0.4, -0.2) is 18.2 Å². The quantitative estimate of drug-likeness (QED) is 0.516. The molecule has 0 radical (unpaired) electrons. The summed E-state index contributed by atoms with van der Waals surface area (Å²) < 4.78 is 44.4. The predicted molar refractivity (Wildman–Crippen MR) is 72.0 cm³/mol. The second kappa shape index (κ2) is 7.02. The fourth-order valence-corrected chi connectivity index (χ4v) is 1.33. The minimum atomic E-state index is -1.32. The van der Waals surface area contributed by atoms with Crippen LogP contribution in [0.4, 0.5) is 18.0 Å². The summed E-state index contributed by atoms with van der Waals surface area (Å²) in [6.07, 6.45) is -0.457. The summed E-state index contributed by atoms with van der Waals surface area (Å²) in [5.41, 5.74) is -1.23. The SMILES string of the molecule is CC(C)(C)OC(=O)NCCC#Cc1c(F)ccc(F)c1F. The number of benzene rings is 1. The summed E-state index contributed by atoms with van der Waals surface area (Å²) in [6.45, 7) is 5.33. The summed E-state index contributed by atoms with van der Waals surface area (Å²) in [7, 11) is 0.